The van der Waals surface area contributed by atoms with Gasteiger partial charge in [0.25, 0.3) is 0 Å². The van der Waals surface area contributed by atoms with Crippen molar-refractivity contribution in [3.05, 3.63) is 41.1 Å². The second kappa shape index (κ2) is 3.42. The molecule has 15 heavy (non-hydrogen) atoms. The number of rotatable bonds is 1. The first-order valence-electron chi connectivity index (χ1n) is 4.96. The molecular weight excluding hydrogens is 186 g/mol. The predicted molar refractivity (Wildman–Crippen MR) is 62.2 cm³/mol. The molecule has 3 heteroatoms. The van der Waals surface area contributed by atoms with Crippen molar-refractivity contribution in [3.63, 3.8) is 0 Å². The molecule has 3 nitrogen and oxygen atoms in total. The molecule has 0 bridgehead atoms. The summed E-state index contributed by atoms with van der Waals surface area (Å²) in [6.07, 6.45) is 1.95. The molecule has 0 fully saturated rings. The van der Waals surface area contributed by atoms with Gasteiger partial charge in [0.1, 0.15) is 5.82 Å². The third-order valence-electron chi connectivity index (χ3n) is 2.41. The van der Waals surface area contributed by atoms with Crippen LogP contribution in [0.4, 0.5) is 5.82 Å². The number of aryl methyl sites for hydroxylation is 3. The molecule has 0 saturated heterocycles. The number of nitrogens with zero attached hydrogens (tertiary/aromatic N) is 2. The summed E-state index contributed by atoms with van der Waals surface area (Å²) in [6, 6.07) is 6.33. The van der Waals surface area contributed by atoms with Gasteiger partial charge in [-0.2, -0.15) is 5.10 Å². The van der Waals surface area contributed by atoms with Crippen LogP contribution in [0.3, 0.4) is 0 Å². The SMILES string of the molecule is Cc1cc(C)cc(-n2cc(C)c(N)n2)c1. The lowest BCUT2D eigenvalue weighted by Crippen LogP contribution is -1.97. The zero-order valence-corrected chi connectivity index (χ0v) is 9.28. The van der Waals surface area contributed by atoms with Gasteiger partial charge in [-0.05, 0) is 44.0 Å². The second-order valence-electron chi connectivity index (χ2n) is 3.99. The molecule has 2 aromatic rings. The fourth-order valence-corrected chi connectivity index (χ4v) is 1.69. The highest BCUT2D eigenvalue weighted by atomic mass is 15.3. The first-order valence-corrected chi connectivity index (χ1v) is 4.96. The fraction of sp³-hybridized carbons (Fsp3) is 0.250. The molecule has 1 aromatic heterocycles. The quantitative estimate of drug-likeness (QED) is 0.769. The molecule has 0 radical (unpaired) electrons. The van der Waals surface area contributed by atoms with Crippen LogP contribution in [0.1, 0.15) is 16.7 Å². The Kier molecular flexibility index (Phi) is 2.23. The smallest absolute Gasteiger partial charge is 0.148 e. The normalized spacial score (nSPS) is 10.6. The number of aromatic nitrogens is 2. The van der Waals surface area contributed by atoms with E-state index in [2.05, 4.69) is 37.1 Å². The van der Waals surface area contributed by atoms with Gasteiger partial charge in [0.15, 0.2) is 0 Å². The molecular formula is C12H15N3. The molecule has 0 aliphatic carbocycles. The average molecular weight is 201 g/mol. The highest BCUT2D eigenvalue weighted by Crippen LogP contribution is 2.16. The number of anilines is 1. The zero-order chi connectivity index (χ0) is 11.0. The number of hydrogen-bond acceptors (Lipinski definition) is 2. The van der Waals surface area contributed by atoms with E-state index in [1.165, 1.54) is 11.1 Å². The Bertz CT molecular complexity index is 458. The van der Waals surface area contributed by atoms with E-state index in [9.17, 15) is 0 Å². The first kappa shape index (κ1) is 9.77. The van der Waals surface area contributed by atoms with Gasteiger partial charge in [-0.1, -0.05) is 6.07 Å². The van der Waals surface area contributed by atoms with Crippen molar-refractivity contribution >= 4 is 5.82 Å². The highest BCUT2D eigenvalue weighted by Gasteiger charge is 2.03. The Balaban J connectivity index is 2.53. The standard InChI is InChI=1S/C12H15N3/c1-8-4-9(2)6-11(5-8)15-7-10(3)12(13)14-15/h4-7H,1-3H3,(H2,13,14). The minimum absolute atomic E-state index is 0.592. The third-order valence-corrected chi connectivity index (χ3v) is 2.41. The lowest BCUT2D eigenvalue weighted by molar-refractivity contribution is 0.882. The molecule has 2 N–H and O–H groups in total. The second-order valence-corrected chi connectivity index (χ2v) is 3.99. The molecule has 0 spiro atoms. The molecule has 0 unspecified atom stereocenters. The molecule has 78 valence electrons. The molecule has 2 rings (SSSR count). The summed E-state index contributed by atoms with van der Waals surface area (Å²) in [5, 5.41) is 4.26. The Hall–Kier alpha value is -1.77. The van der Waals surface area contributed by atoms with Crippen LogP contribution in [0.15, 0.2) is 24.4 Å². The van der Waals surface area contributed by atoms with Crippen molar-refractivity contribution in [2.24, 2.45) is 0 Å². The van der Waals surface area contributed by atoms with Gasteiger partial charge in [-0.3, -0.25) is 0 Å². The van der Waals surface area contributed by atoms with Crippen molar-refractivity contribution in [1.82, 2.24) is 9.78 Å². The molecule has 0 aliphatic rings. The lowest BCUT2D eigenvalue weighted by atomic mass is 10.1. The molecule has 1 heterocycles. The largest absolute Gasteiger partial charge is 0.382 e. The van der Waals surface area contributed by atoms with Crippen LogP contribution < -0.4 is 5.73 Å². The monoisotopic (exact) mass is 201 g/mol. The van der Waals surface area contributed by atoms with Crippen molar-refractivity contribution in [2.75, 3.05) is 5.73 Å². The van der Waals surface area contributed by atoms with Gasteiger partial charge in [0.2, 0.25) is 0 Å². The van der Waals surface area contributed by atoms with E-state index in [4.69, 9.17) is 5.73 Å². The molecule has 0 saturated carbocycles. The highest BCUT2D eigenvalue weighted by molar-refractivity contribution is 5.43. The topological polar surface area (TPSA) is 43.8 Å². The van der Waals surface area contributed by atoms with E-state index >= 15 is 0 Å². The van der Waals surface area contributed by atoms with Crippen LogP contribution >= 0.6 is 0 Å². The van der Waals surface area contributed by atoms with E-state index in [1.807, 2.05) is 17.8 Å². The minimum Gasteiger partial charge on any atom is -0.382 e. The Labute approximate surface area is 89.5 Å². The fourth-order valence-electron chi connectivity index (χ4n) is 1.69. The van der Waals surface area contributed by atoms with Gasteiger partial charge >= 0.3 is 0 Å². The van der Waals surface area contributed by atoms with Gasteiger partial charge in [0, 0.05) is 11.8 Å². The van der Waals surface area contributed by atoms with Gasteiger partial charge < -0.3 is 5.73 Å². The van der Waals surface area contributed by atoms with E-state index < -0.39 is 0 Å². The summed E-state index contributed by atoms with van der Waals surface area (Å²) in [5.41, 5.74) is 10.3. The van der Waals surface area contributed by atoms with Crippen molar-refractivity contribution in [2.45, 2.75) is 20.8 Å². The van der Waals surface area contributed by atoms with E-state index in [0.717, 1.165) is 11.3 Å². The first-order chi connectivity index (χ1) is 7.06. The summed E-state index contributed by atoms with van der Waals surface area (Å²) >= 11 is 0. The van der Waals surface area contributed by atoms with Crippen molar-refractivity contribution < 1.29 is 0 Å². The van der Waals surface area contributed by atoms with Crippen LogP contribution in [-0.2, 0) is 0 Å². The molecule has 0 amide bonds. The number of benzene rings is 1. The predicted octanol–water partition coefficient (Wildman–Crippen LogP) is 2.38. The van der Waals surface area contributed by atoms with Crippen LogP contribution in [0.2, 0.25) is 0 Å². The summed E-state index contributed by atoms with van der Waals surface area (Å²) in [4.78, 5) is 0. The summed E-state index contributed by atoms with van der Waals surface area (Å²) < 4.78 is 1.82. The van der Waals surface area contributed by atoms with Crippen molar-refractivity contribution in [3.8, 4) is 5.69 Å². The maximum atomic E-state index is 5.72. The van der Waals surface area contributed by atoms with E-state index in [-0.39, 0.29) is 0 Å². The molecule has 1 aromatic carbocycles. The zero-order valence-electron chi connectivity index (χ0n) is 9.28. The van der Waals surface area contributed by atoms with Gasteiger partial charge in [-0.25, -0.2) is 4.68 Å². The van der Waals surface area contributed by atoms with E-state index in [1.54, 1.807) is 0 Å². The van der Waals surface area contributed by atoms with Gasteiger partial charge in [0.05, 0.1) is 5.69 Å². The van der Waals surface area contributed by atoms with Crippen molar-refractivity contribution in [1.29, 1.82) is 0 Å². The Morgan fingerprint density at radius 2 is 1.67 bits per heavy atom. The maximum absolute atomic E-state index is 5.72. The van der Waals surface area contributed by atoms with Crippen LogP contribution in [0.25, 0.3) is 5.69 Å². The summed E-state index contributed by atoms with van der Waals surface area (Å²) in [7, 11) is 0. The number of hydrogen-bond donors (Lipinski definition) is 1. The molecule has 0 aliphatic heterocycles. The summed E-state index contributed by atoms with van der Waals surface area (Å²) in [6.45, 7) is 6.12. The maximum Gasteiger partial charge on any atom is 0.148 e. The number of nitrogens with two attached hydrogens (primary N) is 1. The Morgan fingerprint density at radius 1 is 1.07 bits per heavy atom. The van der Waals surface area contributed by atoms with Crippen LogP contribution in [-0.4, -0.2) is 9.78 Å². The average Bonchev–Trinajstić information content (AvgIpc) is 2.45. The van der Waals surface area contributed by atoms with Crippen LogP contribution in [0.5, 0.6) is 0 Å². The molecule has 0 atom stereocenters. The van der Waals surface area contributed by atoms with E-state index in [0.29, 0.717) is 5.82 Å². The lowest BCUT2D eigenvalue weighted by Gasteiger charge is -2.04. The minimum atomic E-state index is 0.592. The number of nitrogen functional groups attached to an aromatic ring is 1. The van der Waals surface area contributed by atoms with Crippen LogP contribution in [0, 0.1) is 20.8 Å². The Morgan fingerprint density at radius 3 is 2.13 bits per heavy atom. The van der Waals surface area contributed by atoms with Gasteiger partial charge in [-0.15, -0.1) is 0 Å². The third kappa shape index (κ3) is 1.86. The summed E-state index contributed by atoms with van der Waals surface area (Å²) in [5.74, 6) is 0.592.